The first-order valence-electron chi connectivity index (χ1n) is 21.8. The second kappa shape index (κ2) is 18.0. The molecule has 3 aliphatic heterocycles. The van der Waals surface area contributed by atoms with Crippen LogP contribution in [-0.2, 0) is 16.6 Å². The lowest BCUT2D eigenvalue weighted by atomic mass is 9.85. The third-order valence-corrected chi connectivity index (χ3v) is 13.1. The highest BCUT2D eigenvalue weighted by Crippen LogP contribution is 2.36. The number of halogens is 5. The van der Waals surface area contributed by atoms with E-state index in [1.165, 1.54) is 30.7 Å². The number of alkyl halides is 5. The molecular formula is C43H48F5N13O4. The van der Waals surface area contributed by atoms with E-state index in [0.29, 0.717) is 39.8 Å². The number of rotatable bonds is 9. The summed E-state index contributed by atoms with van der Waals surface area (Å²) in [6.45, 7) is 4.60. The van der Waals surface area contributed by atoms with Crippen LogP contribution in [0.4, 0.5) is 33.5 Å². The summed E-state index contributed by atoms with van der Waals surface area (Å²) >= 11 is 0. The molecule has 0 spiro atoms. The standard InChI is InChI=1S/C43H48F5N13O4/c1-54-37-28(4-2-6-32(37)61(42(54)65)33-11-12-35(62)52-41(33)64)5-3-14-55-16-18-56(19-17-55)25-27-7-9-29(10-8-27)60-26-31(36(53-60)38(44)45)50-40(63)30-24-49-59-15-13-34(51-39(30)59)57-20-22-58(23-21-57)43(46,47)48/h2,4,6,13,15,24,26-27,29,33,38H,7-12,14,16-23,25H2,1H3,(H,50,63)(H,52,62,64)/t27-,29-,33?. The molecule has 0 bridgehead atoms. The summed E-state index contributed by atoms with van der Waals surface area (Å²) in [7, 11) is 1.66. The first-order chi connectivity index (χ1) is 31.2. The Morgan fingerprint density at radius 2 is 1.69 bits per heavy atom. The van der Waals surface area contributed by atoms with Crippen molar-refractivity contribution in [3.63, 3.8) is 0 Å². The lowest BCUT2D eigenvalue weighted by Gasteiger charge is -2.37. The van der Waals surface area contributed by atoms with Crippen molar-refractivity contribution in [3.05, 3.63) is 70.2 Å². The molecule has 1 aromatic carbocycles. The molecule has 5 aromatic rings. The maximum atomic E-state index is 14.3. The molecule has 2 N–H and O–H groups in total. The van der Waals surface area contributed by atoms with E-state index in [2.05, 4.69) is 47.5 Å². The van der Waals surface area contributed by atoms with Gasteiger partial charge in [-0.2, -0.15) is 23.4 Å². The lowest BCUT2D eigenvalue weighted by Crippen LogP contribution is -2.52. The van der Waals surface area contributed by atoms with Crippen molar-refractivity contribution in [1.82, 2.24) is 53.5 Å². The number of imidazole rings is 1. The minimum Gasteiger partial charge on any atom is -0.354 e. The van der Waals surface area contributed by atoms with Crippen LogP contribution in [0.1, 0.15) is 78.6 Å². The molecule has 3 amide bonds. The second-order valence-electron chi connectivity index (χ2n) is 17.1. The third-order valence-electron chi connectivity index (χ3n) is 13.1. The molecule has 1 unspecified atom stereocenters. The van der Waals surface area contributed by atoms with Gasteiger partial charge in [0, 0.05) is 84.8 Å². The van der Waals surface area contributed by atoms with E-state index < -0.39 is 36.3 Å². The van der Waals surface area contributed by atoms with Crippen molar-refractivity contribution in [2.75, 3.05) is 75.7 Å². The number of imide groups is 1. The summed E-state index contributed by atoms with van der Waals surface area (Å²) < 4.78 is 73.9. The van der Waals surface area contributed by atoms with Crippen molar-refractivity contribution in [1.29, 1.82) is 0 Å². The predicted molar refractivity (Wildman–Crippen MR) is 227 cm³/mol. The number of amides is 3. The quantitative estimate of drug-likeness (QED) is 0.0959. The van der Waals surface area contributed by atoms with Gasteiger partial charge in [-0.1, -0.05) is 17.9 Å². The van der Waals surface area contributed by atoms with Gasteiger partial charge >= 0.3 is 12.0 Å². The zero-order chi connectivity index (χ0) is 45.6. The average molecular weight is 906 g/mol. The highest BCUT2D eigenvalue weighted by atomic mass is 19.4. The molecule has 17 nitrogen and oxygen atoms in total. The van der Waals surface area contributed by atoms with E-state index in [1.54, 1.807) is 30.3 Å². The van der Waals surface area contributed by atoms with Crippen molar-refractivity contribution in [2.24, 2.45) is 13.0 Å². The lowest BCUT2D eigenvalue weighted by molar-refractivity contribution is -0.246. The fourth-order valence-electron chi connectivity index (χ4n) is 9.53. The summed E-state index contributed by atoms with van der Waals surface area (Å²) in [6.07, 6.45) is 0.593. The number of piperidine rings is 1. The SMILES string of the molecule is Cn1c(=O)n(C2CCC(=O)NC2=O)c2cccc(C#CCN3CCN(C[C@H]4CC[C@H](n5cc(NC(=O)c6cnn7ccc(N8CCN(C(F)(F)F)CC8)nc67)c(C(F)F)n5)CC4)CC3)c21. The van der Waals surface area contributed by atoms with E-state index in [0.717, 1.165) is 58.4 Å². The molecule has 9 rings (SSSR count). The molecule has 7 heterocycles. The number of benzene rings is 1. The van der Waals surface area contributed by atoms with Gasteiger partial charge < -0.3 is 15.1 Å². The van der Waals surface area contributed by atoms with Crippen LogP contribution in [0, 0.1) is 17.8 Å². The van der Waals surface area contributed by atoms with E-state index in [9.17, 15) is 41.1 Å². The van der Waals surface area contributed by atoms with Crippen LogP contribution in [0.5, 0.6) is 0 Å². The van der Waals surface area contributed by atoms with Gasteiger partial charge in [-0.05, 0) is 56.2 Å². The number of aryl methyl sites for hydroxylation is 1. The van der Waals surface area contributed by atoms with E-state index in [4.69, 9.17) is 0 Å². The van der Waals surface area contributed by atoms with Crippen LogP contribution >= 0.6 is 0 Å². The molecule has 22 heteroatoms. The highest BCUT2D eigenvalue weighted by molar-refractivity contribution is 6.08. The molecule has 1 atom stereocenters. The van der Waals surface area contributed by atoms with Crippen molar-refractivity contribution < 1.29 is 36.3 Å². The predicted octanol–water partition coefficient (Wildman–Crippen LogP) is 3.79. The summed E-state index contributed by atoms with van der Waals surface area (Å²) in [5.74, 6) is 5.79. The molecule has 3 saturated heterocycles. The van der Waals surface area contributed by atoms with E-state index in [-0.39, 0.29) is 73.6 Å². The molecule has 4 aromatic heterocycles. The number of piperazine rings is 2. The Balaban J connectivity index is 0.764. The Bertz CT molecular complexity index is 2730. The van der Waals surface area contributed by atoms with Crippen LogP contribution in [0.15, 0.2) is 47.7 Å². The molecule has 0 radical (unpaired) electrons. The van der Waals surface area contributed by atoms with Gasteiger partial charge in [-0.25, -0.2) is 28.0 Å². The van der Waals surface area contributed by atoms with Crippen molar-refractivity contribution in [2.45, 2.75) is 63.3 Å². The number of fused-ring (bicyclic) bond motifs is 2. The minimum absolute atomic E-state index is 0.0199. The molecule has 4 aliphatic rings. The minimum atomic E-state index is -4.42. The topological polar surface area (TPSA) is 163 Å². The van der Waals surface area contributed by atoms with Gasteiger partial charge in [-0.3, -0.25) is 38.4 Å². The highest BCUT2D eigenvalue weighted by Gasteiger charge is 2.39. The van der Waals surface area contributed by atoms with Crippen molar-refractivity contribution in [3.8, 4) is 11.8 Å². The number of nitrogens with zero attached hydrogens (tertiary/aromatic N) is 11. The Labute approximate surface area is 369 Å². The third kappa shape index (κ3) is 9.09. The second-order valence-corrected chi connectivity index (χ2v) is 17.1. The van der Waals surface area contributed by atoms with Gasteiger partial charge in [-0.15, -0.1) is 0 Å². The normalized spacial score (nSPS) is 21.8. The van der Waals surface area contributed by atoms with Crippen LogP contribution in [-0.4, -0.2) is 138 Å². The molecular weight excluding hydrogens is 858 g/mol. The zero-order valence-electron chi connectivity index (χ0n) is 35.6. The van der Waals surface area contributed by atoms with Gasteiger partial charge in [0.25, 0.3) is 12.3 Å². The number of nitrogens with one attached hydrogen (secondary N) is 2. The molecule has 344 valence electrons. The summed E-state index contributed by atoms with van der Waals surface area (Å²) in [4.78, 5) is 62.5. The Morgan fingerprint density at radius 3 is 2.40 bits per heavy atom. The van der Waals surface area contributed by atoms with Crippen LogP contribution in [0.3, 0.4) is 0 Å². The van der Waals surface area contributed by atoms with Gasteiger partial charge in [0.1, 0.15) is 17.4 Å². The number of carbonyl (C=O) groups is 3. The number of hydrogen-bond donors (Lipinski definition) is 2. The summed E-state index contributed by atoms with van der Waals surface area (Å²) in [6, 6.07) is 6.18. The first-order valence-corrected chi connectivity index (χ1v) is 21.8. The molecule has 1 aliphatic carbocycles. The monoisotopic (exact) mass is 905 g/mol. The van der Waals surface area contributed by atoms with Crippen LogP contribution in [0.25, 0.3) is 16.7 Å². The van der Waals surface area contributed by atoms with Gasteiger partial charge in [0.15, 0.2) is 11.3 Å². The number of aromatic nitrogens is 7. The fourth-order valence-corrected chi connectivity index (χ4v) is 9.53. The molecule has 65 heavy (non-hydrogen) atoms. The number of carbonyl (C=O) groups excluding carboxylic acids is 3. The number of para-hydroxylation sites is 1. The number of hydrogen-bond acceptors (Lipinski definition) is 11. The van der Waals surface area contributed by atoms with Crippen LogP contribution < -0.4 is 21.2 Å². The van der Waals surface area contributed by atoms with Crippen LogP contribution in [0.2, 0.25) is 0 Å². The van der Waals surface area contributed by atoms with E-state index >= 15 is 0 Å². The Kier molecular flexibility index (Phi) is 12.2. The van der Waals surface area contributed by atoms with E-state index in [1.807, 2.05) is 12.1 Å². The Morgan fingerprint density at radius 1 is 0.954 bits per heavy atom. The van der Waals surface area contributed by atoms with Crippen molar-refractivity contribution >= 4 is 45.9 Å². The smallest absolute Gasteiger partial charge is 0.354 e. The van der Waals surface area contributed by atoms with Gasteiger partial charge in [0.2, 0.25) is 11.8 Å². The first kappa shape index (κ1) is 44.0. The largest absolute Gasteiger partial charge is 0.460 e. The molecule has 1 saturated carbocycles. The fraction of sp³-hybridized carbons (Fsp3) is 0.512. The average Bonchev–Trinajstić information content (AvgIpc) is 3.98. The van der Waals surface area contributed by atoms with Gasteiger partial charge in [0.05, 0.1) is 41.1 Å². The maximum absolute atomic E-state index is 14.3. The summed E-state index contributed by atoms with van der Waals surface area (Å²) in [5, 5.41) is 13.3. The molecule has 4 fully saturated rings. The zero-order valence-corrected chi connectivity index (χ0v) is 35.6. The summed E-state index contributed by atoms with van der Waals surface area (Å²) in [5.41, 5.74) is 1.09. The number of anilines is 2. The Hall–Kier alpha value is -6.18. The maximum Gasteiger partial charge on any atom is 0.460 e.